The van der Waals surface area contributed by atoms with Crippen molar-refractivity contribution in [3.05, 3.63) is 48.5 Å². The second kappa shape index (κ2) is 14.9. The first-order valence-corrected chi connectivity index (χ1v) is 12.6. The fourth-order valence-corrected chi connectivity index (χ4v) is 4.01. The molecule has 1 fully saturated rings. The van der Waals surface area contributed by atoms with E-state index in [4.69, 9.17) is 14.2 Å². The molecule has 0 radical (unpaired) electrons. The maximum Gasteiger partial charge on any atom is 0.119 e. The second-order valence-corrected chi connectivity index (χ2v) is 8.73. The Morgan fingerprint density at radius 1 is 0.688 bits per heavy atom. The molecule has 0 bridgehead atoms. The zero-order chi connectivity index (χ0) is 22.3. The van der Waals surface area contributed by atoms with Gasteiger partial charge in [0.1, 0.15) is 18.1 Å². The average molecular weight is 440 g/mol. The zero-order valence-corrected chi connectivity index (χ0v) is 19.9. The summed E-state index contributed by atoms with van der Waals surface area (Å²) >= 11 is 0. The first-order valence-electron chi connectivity index (χ1n) is 12.6. The number of ether oxygens (including phenoxy) is 3. The van der Waals surface area contributed by atoms with Crippen molar-refractivity contribution in [3.8, 4) is 22.6 Å². The lowest BCUT2D eigenvalue weighted by atomic mass is 10.1. The molecule has 4 nitrogen and oxygen atoms in total. The molecule has 0 aromatic heterocycles. The summed E-state index contributed by atoms with van der Waals surface area (Å²) in [6.07, 6.45) is 12.0. The van der Waals surface area contributed by atoms with Gasteiger partial charge in [-0.25, -0.2) is 0 Å². The van der Waals surface area contributed by atoms with Crippen LogP contribution in [0.5, 0.6) is 11.5 Å². The second-order valence-electron chi connectivity index (χ2n) is 8.73. The van der Waals surface area contributed by atoms with E-state index in [0.29, 0.717) is 6.61 Å². The van der Waals surface area contributed by atoms with Gasteiger partial charge in [-0.3, -0.25) is 4.90 Å². The van der Waals surface area contributed by atoms with Crippen molar-refractivity contribution in [2.45, 2.75) is 64.7 Å². The molecule has 3 rings (SSSR count). The van der Waals surface area contributed by atoms with Gasteiger partial charge in [-0.15, -0.1) is 0 Å². The lowest BCUT2D eigenvalue weighted by Crippen LogP contribution is -2.25. The van der Waals surface area contributed by atoms with E-state index in [1.165, 1.54) is 62.5 Å². The third-order valence-electron chi connectivity index (χ3n) is 6.06. The average Bonchev–Trinajstić information content (AvgIpc) is 3.35. The van der Waals surface area contributed by atoms with E-state index in [1.54, 1.807) is 0 Å². The topological polar surface area (TPSA) is 30.9 Å². The van der Waals surface area contributed by atoms with Gasteiger partial charge in [0.25, 0.3) is 0 Å². The third-order valence-corrected chi connectivity index (χ3v) is 6.06. The summed E-state index contributed by atoms with van der Waals surface area (Å²) in [5, 5.41) is 0. The predicted octanol–water partition coefficient (Wildman–Crippen LogP) is 6.93. The van der Waals surface area contributed by atoms with Gasteiger partial charge in [-0.1, -0.05) is 82.6 Å². The van der Waals surface area contributed by atoms with Gasteiger partial charge in [0.2, 0.25) is 0 Å². The number of nitrogens with zero attached hydrogens (tertiary/aromatic N) is 1. The van der Waals surface area contributed by atoms with Gasteiger partial charge < -0.3 is 14.2 Å². The van der Waals surface area contributed by atoms with E-state index in [2.05, 4.69) is 48.2 Å². The van der Waals surface area contributed by atoms with E-state index in [0.717, 1.165) is 51.0 Å². The van der Waals surface area contributed by atoms with E-state index in [9.17, 15) is 0 Å². The first-order chi connectivity index (χ1) is 15.8. The number of hydrogen-bond donors (Lipinski definition) is 0. The monoisotopic (exact) mass is 439 g/mol. The minimum absolute atomic E-state index is 0.688. The minimum Gasteiger partial charge on any atom is -0.494 e. The molecule has 1 heterocycles. The molecule has 0 saturated carbocycles. The molecule has 0 unspecified atom stereocenters. The van der Waals surface area contributed by atoms with Crippen molar-refractivity contribution in [2.75, 3.05) is 39.6 Å². The molecule has 2 aromatic rings. The predicted molar refractivity (Wildman–Crippen MR) is 132 cm³/mol. The Morgan fingerprint density at radius 3 is 1.75 bits per heavy atom. The highest BCUT2D eigenvalue weighted by molar-refractivity contribution is 5.64. The quantitative estimate of drug-likeness (QED) is 0.265. The van der Waals surface area contributed by atoms with Crippen molar-refractivity contribution in [1.82, 2.24) is 4.90 Å². The lowest BCUT2D eigenvalue weighted by molar-refractivity contribution is 0.129. The van der Waals surface area contributed by atoms with Crippen LogP contribution in [0.4, 0.5) is 0 Å². The summed E-state index contributed by atoms with van der Waals surface area (Å²) in [6.45, 7) is 7.23. The Labute approximate surface area is 194 Å². The molecule has 4 heteroatoms. The van der Waals surface area contributed by atoms with Crippen LogP contribution in [0, 0.1) is 0 Å². The highest BCUT2D eigenvalue weighted by atomic mass is 16.5. The van der Waals surface area contributed by atoms with Crippen molar-refractivity contribution in [1.29, 1.82) is 0 Å². The summed E-state index contributed by atoms with van der Waals surface area (Å²) in [6, 6.07) is 16.7. The molecule has 176 valence electrons. The molecule has 1 aliphatic heterocycles. The Kier molecular flexibility index (Phi) is 11.5. The Bertz CT molecular complexity index is 723. The molecule has 32 heavy (non-hydrogen) atoms. The SMILES string of the molecule is CCCCCCCCCCCOc1ccc(-c2ccc(OCCN3CCOC3)cc2)cc1. The molecule has 0 spiro atoms. The summed E-state index contributed by atoms with van der Waals surface area (Å²) in [5.41, 5.74) is 2.39. The maximum absolute atomic E-state index is 5.93. The van der Waals surface area contributed by atoms with Crippen LogP contribution in [0.2, 0.25) is 0 Å². The molecule has 0 atom stereocenters. The van der Waals surface area contributed by atoms with E-state index in [-0.39, 0.29) is 0 Å². The smallest absolute Gasteiger partial charge is 0.119 e. The Hall–Kier alpha value is -2.04. The van der Waals surface area contributed by atoms with E-state index in [1.807, 2.05) is 12.1 Å². The van der Waals surface area contributed by atoms with Crippen LogP contribution in [-0.2, 0) is 4.74 Å². The van der Waals surface area contributed by atoms with Gasteiger partial charge in [0.05, 0.1) is 19.9 Å². The summed E-state index contributed by atoms with van der Waals surface area (Å²) in [4.78, 5) is 2.26. The van der Waals surface area contributed by atoms with Crippen molar-refractivity contribution in [3.63, 3.8) is 0 Å². The van der Waals surface area contributed by atoms with Crippen molar-refractivity contribution >= 4 is 0 Å². The van der Waals surface area contributed by atoms with E-state index < -0.39 is 0 Å². The Morgan fingerprint density at radius 2 is 1.22 bits per heavy atom. The highest BCUT2D eigenvalue weighted by Crippen LogP contribution is 2.25. The normalized spacial score (nSPS) is 14.0. The van der Waals surface area contributed by atoms with Gasteiger partial charge >= 0.3 is 0 Å². The highest BCUT2D eigenvalue weighted by Gasteiger charge is 2.11. The molecule has 0 N–H and O–H groups in total. The zero-order valence-electron chi connectivity index (χ0n) is 19.9. The largest absolute Gasteiger partial charge is 0.494 e. The fourth-order valence-electron chi connectivity index (χ4n) is 4.01. The maximum atomic E-state index is 5.93. The number of rotatable bonds is 16. The van der Waals surface area contributed by atoms with Crippen LogP contribution in [0.25, 0.3) is 11.1 Å². The van der Waals surface area contributed by atoms with Crippen LogP contribution in [0.3, 0.4) is 0 Å². The summed E-state index contributed by atoms with van der Waals surface area (Å²) in [7, 11) is 0. The number of benzene rings is 2. The molecule has 2 aromatic carbocycles. The minimum atomic E-state index is 0.688. The summed E-state index contributed by atoms with van der Waals surface area (Å²) < 4.78 is 17.1. The van der Waals surface area contributed by atoms with Gasteiger partial charge in [0.15, 0.2) is 0 Å². The third kappa shape index (κ3) is 9.22. The van der Waals surface area contributed by atoms with Crippen LogP contribution in [0.1, 0.15) is 64.7 Å². The molecule has 0 amide bonds. The standard InChI is InChI=1S/C28H41NO3/c1-2-3-4-5-6-7-8-9-10-21-31-27-15-11-25(12-16-27)26-13-17-28(18-14-26)32-23-20-29-19-22-30-24-29/h11-18H,2-10,19-24H2,1H3. The van der Waals surface area contributed by atoms with Crippen LogP contribution in [0.15, 0.2) is 48.5 Å². The summed E-state index contributed by atoms with van der Waals surface area (Å²) in [5.74, 6) is 1.87. The van der Waals surface area contributed by atoms with Crippen molar-refractivity contribution < 1.29 is 14.2 Å². The van der Waals surface area contributed by atoms with Gasteiger partial charge in [-0.2, -0.15) is 0 Å². The number of hydrogen-bond acceptors (Lipinski definition) is 4. The van der Waals surface area contributed by atoms with Crippen LogP contribution >= 0.6 is 0 Å². The Balaban J connectivity index is 1.29. The van der Waals surface area contributed by atoms with E-state index >= 15 is 0 Å². The van der Waals surface area contributed by atoms with Crippen molar-refractivity contribution in [2.24, 2.45) is 0 Å². The van der Waals surface area contributed by atoms with Crippen LogP contribution in [-0.4, -0.2) is 44.5 Å². The fraction of sp³-hybridized carbons (Fsp3) is 0.571. The number of unbranched alkanes of at least 4 members (excludes halogenated alkanes) is 8. The van der Waals surface area contributed by atoms with Crippen LogP contribution < -0.4 is 9.47 Å². The van der Waals surface area contributed by atoms with Gasteiger partial charge in [-0.05, 0) is 41.8 Å². The lowest BCUT2D eigenvalue weighted by Gasteiger charge is -2.13. The molecular weight excluding hydrogens is 398 g/mol. The molecule has 1 aliphatic rings. The molecular formula is C28H41NO3. The van der Waals surface area contributed by atoms with Gasteiger partial charge in [0, 0.05) is 13.1 Å². The first kappa shape index (κ1) is 24.6. The molecule has 0 aliphatic carbocycles. The molecule has 1 saturated heterocycles.